The van der Waals surface area contributed by atoms with Gasteiger partial charge in [-0.15, -0.1) is 0 Å². The van der Waals surface area contributed by atoms with Gasteiger partial charge in [-0.2, -0.15) is 0 Å². The highest BCUT2D eigenvalue weighted by molar-refractivity contribution is 7.98. The van der Waals surface area contributed by atoms with Gasteiger partial charge in [-0.1, -0.05) is 17.8 Å². The first kappa shape index (κ1) is 29.3. The summed E-state index contributed by atoms with van der Waals surface area (Å²) in [7, 11) is 0. The summed E-state index contributed by atoms with van der Waals surface area (Å²) in [4.78, 5) is 41.0. The van der Waals surface area contributed by atoms with Crippen LogP contribution in [-0.2, 0) is 21.8 Å². The van der Waals surface area contributed by atoms with Crippen LogP contribution < -0.4 is 14.4 Å². The van der Waals surface area contributed by atoms with Crippen molar-refractivity contribution < 1.29 is 28.2 Å². The van der Waals surface area contributed by atoms with Gasteiger partial charge in [0, 0.05) is 57.6 Å². The van der Waals surface area contributed by atoms with E-state index in [9.17, 15) is 9.59 Å². The van der Waals surface area contributed by atoms with E-state index in [0.717, 1.165) is 55.7 Å². The molecule has 1 aromatic carbocycles. The van der Waals surface area contributed by atoms with E-state index in [0.29, 0.717) is 55.0 Å². The average Bonchev–Trinajstić information content (AvgIpc) is 3.70. The van der Waals surface area contributed by atoms with E-state index in [1.165, 1.54) is 17.3 Å². The van der Waals surface area contributed by atoms with E-state index in [1.54, 1.807) is 17.9 Å². The van der Waals surface area contributed by atoms with Crippen LogP contribution in [0.5, 0.6) is 11.5 Å². The maximum Gasteiger partial charge on any atom is 0.309 e. The van der Waals surface area contributed by atoms with Crippen LogP contribution in [0.4, 0.5) is 5.82 Å². The number of amides is 1. The number of ether oxygens (including phenoxy) is 3. The first-order chi connectivity index (χ1) is 20.9. The number of aromatic nitrogens is 2. The average molecular weight is 608 g/mol. The number of aryl methyl sites for hydroxylation is 1. The van der Waals surface area contributed by atoms with Crippen LogP contribution in [0.2, 0.25) is 0 Å². The number of nitrogens with zero attached hydrogens (tertiary/aromatic N) is 5. The molecule has 0 unspecified atom stereocenters. The number of furan rings is 1. The van der Waals surface area contributed by atoms with Crippen molar-refractivity contribution in [2.75, 3.05) is 57.6 Å². The van der Waals surface area contributed by atoms with Crippen LogP contribution in [0, 0.1) is 12.8 Å². The lowest BCUT2D eigenvalue weighted by molar-refractivity contribution is -0.149. The molecule has 228 valence electrons. The Kier molecular flexibility index (Phi) is 9.03. The number of carbonyl (C=O) groups excluding carboxylic acids is 2. The summed E-state index contributed by atoms with van der Waals surface area (Å²) in [5, 5.41) is 0.683. The van der Waals surface area contributed by atoms with Gasteiger partial charge in [0.15, 0.2) is 22.4 Å². The summed E-state index contributed by atoms with van der Waals surface area (Å²) in [6, 6.07) is 11.7. The molecule has 3 aliphatic rings. The molecule has 6 rings (SSSR count). The van der Waals surface area contributed by atoms with E-state index in [1.807, 2.05) is 25.1 Å². The molecule has 0 N–H and O–H groups in total. The SMILES string of the molecule is CCOC(=O)C1CCN(C(=O)c2ccc(CSc3nc(C)cc(N4CCN(Cc5ccc6c(c5)OCO6)CC4)n3)o2)CC1. The normalized spacial score (nSPS) is 17.3. The smallest absolute Gasteiger partial charge is 0.309 e. The first-order valence-electron chi connectivity index (χ1n) is 14.8. The Morgan fingerprint density at radius 3 is 2.56 bits per heavy atom. The summed E-state index contributed by atoms with van der Waals surface area (Å²) >= 11 is 1.50. The second kappa shape index (κ2) is 13.3. The highest BCUT2D eigenvalue weighted by Crippen LogP contribution is 2.33. The quantitative estimate of drug-likeness (QED) is 0.199. The predicted molar refractivity (Wildman–Crippen MR) is 160 cm³/mol. The van der Waals surface area contributed by atoms with Crippen molar-refractivity contribution in [3.05, 3.63) is 59.2 Å². The van der Waals surface area contributed by atoms with Crippen molar-refractivity contribution in [2.45, 2.75) is 44.1 Å². The van der Waals surface area contributed by atoms with Crippen LogP contribution in [0.3, 0.4) is 0 Å². The Bertz CT molecular complexity index is 1450. The number of anilines is 1. The summed E-state index contributed by atoms with van der Waals surface area (Å²) in [5.41, 5.74) is 2.13. The number of carbonyl (C=O) groups is 2. The highest BCUT2D eigenvalue weighted by Gasteiger charge is 2.30. The van der Waals surface area contributed by atoms with Crippen molar-refractivity contribution in [1.29, 1.82) is 0 Å². The topological polar surface area (TPSA) is 110 Å². The van der Waals surface area contributed by atoms with Crippen LogP contribution >= 0.6 is 11.8 Å². The molecular weight excluding hydrogens is 570 g/mol. The third kappa shape index (κ3) is 7.07. The minimum absolute atomic E-state index is 0.142. The molecule has 11 nitrogen and oxygen atoms in total. The van der Waals surface area contributed by atoms with Gasteiger partial charge in [0.05, 0.1) is 18.3 Å². The second-order valence-corrected chi connectivity index (χ2v) is 11.9. The van der Waals surface area contributed by atoms with Crippen LogP contribution in [0.1, 0.15) is 47.3 Å². The molecular formula is C31H37N5O6S. The number of esters is 1. The summed E-state index contributed by atoms with van der Waals surface area (Å²) in [6.45, 7) is 9.98. The molecule has 43 heavy (non-hydrogen) atoms. The lowest BCUT2D eigenvalue weighted by atomic mass is 9.97. The van der Waals surface area contributed by atoms with Crippen molar-refractivity contribution >= 4 is 29.5 Å². The Labute approximate surface area is 255 Å². The summed E-state index contributed by atoms with van der Waals surface area (Å²) < 4.78 is 22.0. The van der Waals surface area contributed by atoms with Crippen LogP contribution in [0.15, 0.2) is 46.0 Å². The molecule has 0 aliphatic carbocycles. The number of hydrogen-bond donors (Lipinski definition) is 0. The highest BCUT2D eigenvalue weighted by atomic mass is 32.2. The van der Waals surface area contributed by atoms with E-state index >= 15 is 0 Å². The molecule has 2 saturated heterocycles. The van der Waals surface area contributed by atoms with Gasteiger partial charge in [-0.3, -0.25) is 14.5 Å². The lowest BCUT2D eigenvalue weighted by Gasteiger charge is -2.35. The number of benzene rings is 1. The number of fused-ring (bicyclic) bond motifs is 1. The maximum atomic E-state index is 13.0. The first-order valence-corrected chi connectivity index (χ1v) is 15.8. The monoisotopic (exact) mass is 607 g/mol. The number of piperidine rings is 1. The number of rotatable bonds is 9. The fraction of sp³-hybridized carbons (Fsp3) is 0.484. The predicted octanol–water partition coefficient (Wildman–Crippen LogP) is 4.14. The summed E-state index contributed by atoms with van der Waals surface area (Å²) in [5.74, 6) is 3.63. The molecule has 0 radical (unpaired) electrons. The van der Waals surface area contributed by atoms with E-state index < -0.39 is 0 Å². The van der Waals surface area contributed by atoms with Gasteiger partial charge in [0.25, 0.3) is 5.91 Å². The number of piperazine rings is 1. The molecule has 5 heterocycles. The molecule has 3 aliphatic heterocycles. The minimum atomic E-state index is -0.173. The lowest BCUT2D eigenvalue weighted by Crippen LogP contribution is -2.46. The van der Waals surface area contributed by atoms with Crippen molar-refractivity contribution in [1.82, 2.24) is 19.8 Å². The molecule has 0 saturated carbocycles. The van der Waals surface area contributed by atoms with Crippen molar-refractivity contribution in [2.24, 2.45) is 5.92 Å². The van der Waals surface area contributed by atoms with Gasteiger partial charge < -0.3 is 28.4 Å². The molecule has 2 fully saturated rings. The van der Waals surface area contributed by atoms with Gasteiger partial charge >= 0.3 is 5.97 Å². The van der Waals surface area contributed by atoms with Crippen molar-refractivity contribution in [3.8, 4) is 11.5 Å². The zero-order valence-corrected chi connectivity index (χ0v) is 25.4. The second-order valence-electron chi connectivity index (χ2n) is 11.0. The fourth-order valence-electron chi connectivity index (χ4n) is 5.62. The Morgan fingerprint density at radius 2 is 1.77 bits per heavy atom. The number of thioether (sulfide) groups is 1. The maximum absolute atomic E-state index is 13.0. The van der Waals surface area contributed by atoms with Gasteiger partial charge in [0.1, 0.15) is 11.6 Å². The Morgan fingerprint density at radius 1 is 0.977 bits per heavy atom. The standard InChI is InChI=1S/C31H37N5O6S/c1-3-39-30(38)23-8-10-36(11-9-23)29(37)26-7-5-24(42-26)19-43-31-32-21(2)16-28(33-31)35-14-12-34(13-15-35)18-22-4-6-25-27(17-22)41-20-40-25/h4-7,16-17,23H,3,8-15,18-20H2,1-2H3. The minimum Gasteiger partial charge on any atom is -0.466 e. The zero-order chi connectivity index (χ0) is 29.8. The third-order valence-corrected chi connectivity index (χ3v) is 8.85. The van der Waals surface area contributed by atoms with Crippen LogP contribution in [-0.4, -0.2) is 84.3 Å². The molecule has 0 atom stereocenters. The zero-order valence-electron chi connectivity index (χ0n) is 24.6. The molecule has 3 aromatic rings. The van der Waals surface area contributed by atoms with Crippen LogP contribution in [0.25, 0.3) is 0 Å². The molecule has 0 spiro atoms. The molecule has 0 bridgehead atoms. The van der Waals surface area contributed by atoms with Gasteiger partial charge in [-0.25, -0.2) is 9.97 Å². The van der Waals surface area contributed by atoms with Gasteiger partial charge in [0.2, 0.25) is 6.79 Å². The van der Waals surface area contributed by atoms with E-state index in [4.69, 9.17) is 23.6 Å². The molecule has 1 amide bonds. The molecule has 12 heteroatoms. The number of hydrogen-bond acceptors (Lipinski definition) is 11. The Hall–Kier alpha value is -3.77. The Balaban J connectivity index is 0.991. The number of likely N-dealkylation sites (tertiary alicyclic amines) is 1. The van der Waals surface area contributed by atoms with Crippen molar-refractivity contribution in [3.63, 3.8) is 0 Å². The van der Waals surface area contributed by atoms with E-state index in [-0.39, 0.29) is 24.6 Å². The fourth-order valence-corrected chi connectivity index (χ4v) is 6.42. The molecule has 2 aromatic heterocycles. The van der Waals surface area contributed by atoms with E-state index in [2.05, 4.69) is 26.9 Å². The largest absolute Gasteiger partial charge is 0.466 e. The van der Waals surface area contributed by atoms with Gasteiger partial charge in [-0.05, 0) is 56.5 Å². The third-order valence-electron chi connectivity index (χ3n) is 7.98. The summed E-state index contributed by atoms with van der Waals surface area (Å²) in [6.07, 6.45) is 1.21.